The van der Waals surface area contributed by atoms with Crippen molar-refractivity contribution in [2.24, 2.45) is 0 Å². The minimum atomic E-state index is -0.948. The number of carboxylic acid groups (broad SMARTS) is 1. The number of carbonyl (C=O) groups is 1. The number of hydrogen-bond donors (Lipinski definition) is 2. The zero-order valence-electron chi connectivity index (χ0n) is 8.23. The smallest absolute Gasteiger partial charge is 0.328 e. The second-order valence-electron chi connectivity index (χ2n) is 2.44. The van der Waals surface area contributed by atoms with E-state index in [1.165, 1.54) is 6.08 Å². The molecule has 76 valence electrons. The molecule has 1 aromatic carbocycles. The molecule has 0 aliphatic rings. The van der Waals surface area contributed by atoms with Gasteiger partial charge in [-0.05, 0) is 23.8 Å². The SMILES string of the molecule is COc1ccc(/C=C/C(=O)O)cc1.[NH4+]. The third-order valence-corrected chi connectivity index (χ3v) is 1.53. The topological polar surface area (TPSA) is 83.0 Å². The van der Waals surface area contributed by atoms with Gasteiger partial charge in [0.25, 0.3) is 0 Å². The van der Waals surface area contributed by atoms with E-state index in [2.05, 4.69) is 0 Å². The second-order valence-corrected chi connectivity index (χ2v) is 2.44. The van der Waals surface area contributed by atoms with Crippen LogP contribution in [0.1, 0.15) is 5.56 Å². The first-order chi connectivity index (χ1) is 6.22. The predicted molar refractivity (Wildman–Crippen MR) is 55.6 cm³/mol. The van der Waals surface area contributed by atoms with Crippen LogP contribution < -0.4 is 10.9 Å². The molecule has 0 unspecified atom stereocenters. The van der Waals surface area contributed by atoms with Gasteiger partial charge in [-0.2, -0.15) is 0 Å². The molecule has 0 aromatic heterocycles. The third-order valence-electron chi connectivity index (χ3n) is 1.53. The fraction of sp³-hybridized carbons (Fsp3) is 0.100. The van der Waals surface area contributed by atoms with Gasteiger partial charge in [0.1, 0.15) is 5.75 Å². The molecule has 0 amide bonds. The Bertz CT molecular complexity index is 317. The average molecular weight is 196 g/mol. The van der Waals surface area contributed by atoms with Crippen molar-refractivity contribution in [3.05, 3.63) is 35.9 Å². The van der Waals surface area contributed by atoms with E-state index in [4.69, 9.17) is 9.84 Å². The highest BCUT2D eigenvalue weighted by Gasteiger charge is 1.91. The van der Waals surface area contributed by atoms with Crippen molar-refractivity contribution in [1.29, 1.82) is 0 Å². The number of carboxylic acids is 1. The molecule has 4 nitrogen and oxygen atoms in total. The Morgan fingerprint density at radius 3 is 2.36 bits per heavy atom. The number of benzene rings is 1. The summed E-state index contributed by atoms with van der Waals surface area (Å²) >= 11 is 0. The molecule has 0 fully saturated rings. The maximum Gasteiger partial charge on any atom is 0.328 e. The fourth-order valence-corrected chi connectivity index (χ4v) is 0.883. The summed E-state index contributed by atoms with van der Waals surface area (Å²) < 4.78 is 4.95. The molecule has 1 aromatic rings. The van der Waals surface area contributed by atoms with Crippen molar-refractivity contribution in [2.75, 3.05) is 7.11 Å². The molecule has 1 rings (SSSR count). The Hall–Kier alpha value is -1.81. The Morgan fingerprint density at radius 1 is 1.36 bits per heavy atom. The summed E-state index contributed by atoms with van der Waals surface area (Å²) in [4.78, 5) is 10.2. The number of quaternary nitrogens is 1. The lowest BCUT2D eigenvalue weighted by molar-refractivity contribution is -0.131. The van der Waals surface area contributed by atoms with Gasteiger partial charge in [-0.3, -0.25) is 0 Å². The average Bonchev–Trinajstić information content (AvgIpc) is 2.15. The molecule has 5 N–H and O–H groups in total. The first-order valence-electron chi connectivity index (χ1n) is 3.77. The first kappa shape index (κ1) is 12.2. The molecule has 4 heteroatoms. The van der Waals surface area contributed by atoms with E-state index in [0.717, 1.165) is 17.4 Å². The molecule has 0 spiro atoms. The molecule has 0 aliphatic carbocycles. The predicted octanol–water partition coefficient (Wildman–Crippen LogP) is 2.17. The number of hydrogen-bond acceptors (Lipinski definition) is 2. The van der Waals surface area contributed by atoms with Crippen LogP contribution >= 0.6 is 0 Å². The summed E-state index contributed by atoms with van der Waals surface area (Å²) in [6, 6.07) is 7.14. The Balaban J connectivity index is 0.00000169. The maximum absolute atomic E-state index is 10.2. The summed E-state index contributed by atoms with van der Waals surface area (Å²) in [6.07, 6.45) is 2.63. The lowest BCUT2D eigenvalue weighted by atomic mass is 10.2. The van der Waals surface area contributed by atoms with Crippen molar-refractivity contribution in [3.63, 3.8) is 0 Å². The van der Waals surface area contributed by atoms with Gasteiger partial charge in [-0.1, -0.05) is 12.1 Å². The molecule has 0 saturated carbocycles. The quantitative estimate of drug-likeness (QED) is 0.726. The number of ether oxygens (including phenoxy) is 1. The van der Waals surface area contributed by atoms with E-state index in [9.17, 15) is 4.79 Å². The molecule has 0 aliphatic heterocycles. The van der Waals surface area contributed by atoms with Crippen molar-refractivity contribution < 1.29 is 14.6 Å². The lowest BCUT2D eigenvalue weighted by Crippen LogP contribution is -1.86. The second kappa shape index (κ2) is 5.77. The number of methoxy groups -OCH3 is 1. The lowest BCUT2D eigenvalue weighted by Gasteiger charge is -1.98. The zero-order valence-corrected chi connectivity index (χ0v) is 8.23. The van der Waals surface area contributed by atoms with E-state index >= 15 is 0 Å². The molecule has 0 saturated heterocycles. The molecular formula is C10H14NO3+. The van der Waals surface area contributed by atoms with E-state index in [1.54, 1.807) is 31.4 Å². The van der Waals surface area contributed by atoms with E-state index < -0.39 is 5.97 Å². The summed E-state index contributed by atoms with van der Waals surface area (Å²) in [5.41, 5.74) is 0.836. The van der Waals surface area contributed by atoms with Gasteiger partial charge in [0.15, 0.2) is 0 Å². The van der Waals surface area contributed by atoms with Crippen LogP contribution in [-0.4, -0.2) is 18.2 Å². The highest BCUT2D eigenvalue weighted by Crippen LogP contribution is 2.11. The normalized spacial score (nSPS) is 9.50. The van der Waals surface area contributed by atoms with E-state index in [-0.39, 0.29) is 6.15 Å². The van der Waals surface area contributed by atoms with Crippen molar-refractivity contribution in [1.82, 2.24) is 6.15 Å². The van der Waals surface area contributed by atoms with Gasteiger partial charge >= 0.3 is 5.97 Å². The van der Waals surface area contributed by atoms with Crippen LogP contribution in [0.4, 0.5) is 0 Å². The molecule has 0 heterocycles. The Kier molecular flexibility index (Phi) is 5.02. The summed E-state index contributed by atoms with van der Waals surface area (Å²) in [7, 11) is 1.59. The minimum absolute atomic E-state index is 0. The van der Waals surface area contributed by atoms with Crippen LogP contribution in [-0.2, 0) is 4.79 Å². The highest BCUT2D eigenvalue weighted by atomic mass is 16.5. The molecular weight excluding hydrogens is 182 g/mol. The van der Waals surface area contributed by atoms with Gasteiger partial charge in [0, 0.05) is 6.08 Å². The van der Waals surface area contributed by atoms with Crippen molar-refractivity contribution >= 4 is 12.0 Å². The first-order valence-corrected chi connectivity index (χ1v) is 3.77. The molecule has 14 heavy (non-hydrogen) atoms. The molecule has 0 bridgehead atoms. The van der Waals surface area contributed by atoms with Gasteiger partial charge < -0.3 is 16.0 Å². The number of rotatable bonds is 3. The van der Waals surface area contributed by atoms with Crippen LogP contribution in [0.15, 0.2) is 30.3 Å². The minimum Gasteiger partial charge on any atom is -0.497 e. The zero-order chi connectivity index (χ0) is 9.68. The summed E-state index contributed by atoms with van der Waals surface area (Å²) in [5, 5.41) is 8.36. The van der Waals surface area contributed by atoms with Crippen LogP contribution in [0.25, 0.3) is 6.08 Å². The fourth-order valence-electron chi connectivity index (χ4n) is 0.883. The summed E-state index contributed by atoms with van der Waals surface area (Å²) in [5.74, 6) is -0.191. The summed E-state index contributed by atoms with van der Waals surface area (Å²) in [6.45, 7) is 0. The Morgan fingerprint density at radius 2 is 1.93 bits per heavy atom. The maximum atomic E-state index is 10.2. The standard InChI is InChI=1S/C10H10O3.H3N/c1-13-9-5-2-8(3-6-9)4-7-10(11)12;/h2-7H,1H3,(H,11,12);1H3/p+1/b7-4+;. The van der Waals surface area contributed by atoms with Crippen LogP contribution in [0, 0.1) is 0 Å². The van der Waals surface area contributed by atoms with Crippen LogP contribution in [0.2, 0.25) is 0 Å². The monoisotopic (exact) mass is 196 g/mol. The van der Waals surface area contributed by atoms with E-state index in [0.29, 0.717) is 0 Å². The molecule has 0 radical (unpaired) electrons. The number of aliphatic carboxylic acids is 1. The van der Waals surface area contributed by atoms with Gasteiger partial charge in [0.05, 0.1) is 7.11 Å². The van der Waals surface area contributed by atoms with Gasteiger partial charge in [-0.15, -0.1) is 0 Å². The van der Waals surface area contributed by atoms with Crippen LogP contribution in [0.5, 0.6) is 5.75 Å². The van der Waals surface area contributed by atoms with E-state index in [1.807, 2.05) is 0 Å². The largest absolute Gasteiger partial charge is 0.497 e. The molecule has 0 atom stereocenters. The van der Waals surface area contributed by atoms with Crippen molar-refractivity contribution in [2.45, 2.75) is 0 Å². The van der Waals surface area contributed by atoms with Crippen molar-refractivity contribution in [3.8, 4) is 5.75 Å². The highest BCUT2D eigenvalue weighted by molar-refractivity contribution is 5.85. The van der Waals surface area contributed by atoms with Gasteiger partial charge in [-0.25, -0.2) is 4.79 Å². The van der Waals surface area contributed by atoms with Gasteiger partial charge in [0.2, 0.25) is 0 Å². The third kappa shape index (κ3) is 3.73. The Labute approximate surface area is 82.4 Å². The van der Waals surface area contributed by atoms with Crippen LogP contribution in [0.3, 0.4) is 0 Å².